The molecule has 2 nitrogen and oxygen atoms in total. The smallest absolute Gasteiger partial charge is 0.0876 e. The molecule has 2 heteroatoms. The summed E-state index contributed by atoms with van der Waals surface area (Å²) in [5.74, 6) is 0. The quantitative estimate of drug-likeness (QED) is 0.648. The molecule has 0 radical (unpaired) electrons. The highest BCUT2D eigenvalue weighted by atomic mass is 16.5. The van der Waals surface area contributed by atoms with Crippen molar-refractivity contribution in [2.24, 2.45) is 0 Å². The lowest BCUT2D eigenvalue weighted by atomic mass is 10.0. The molecule has 0 aromatic rings. The highest BCUT2D eigenvalue weighted by Gasteiger charge is 2.44. The Labute approximate surface area is 67.6 Å². The summed E-state index contributed by atoms with van der Waals surface area (Å²) in [7, 11) is 2.04. The second-order valence-electron chi connectivity index (χ2n) is 3.45. The molecule has 1 aliphatic heterocycles. The van der Waals surface area contributed by atoms with Crippen molar-refractivity contribution in [3.63, 3.8) is 0 Å². The summed E-state index contributed by atoms with van der Waals surface area (Å²) in [6.45, 7) is 0.906. The summed E-state index contributed by atoms with van der Waals surface area (Å²) in [5.41, 5.74) is 1.83. The van der Waals surface area contributed by atoms with Crippen molar-refractivity contribution in [2.45, 2.75) is 31.2 Å². The van der Waals surface area contributed by atoms with Crippen molar-refractivity contribution < 1.29 is 4.74 Å². The molecule has 1 saturated carbocycles. The fraction of sp³-hybridized carbons (Fsp3) is 0.778. The molecule has 0 aromatic heterocycles. The summed E-state index contributed by atoms with van der Waals surface area (Å²) in [6.07, 6.45) is 6.96. The van der Waals surface area contributed by atoms with Gasteiger partial charge >= 0.3 is 0 Å². The first-order valence-electron chi connectivity index (χ1n) is 4.37. The van der Waals surface area contributed by atoms with E-state index in [9.17, 15) is 0 Å². The van der Waals surface area contributed by atoms with Crippen LogP contribution in [0.15, 0.2) is 11.8 Å². The average molecular weight is 153 g/mol. The fourth-order valence-electron chi connectivity index (χ4n) is 1.77. The molecule has 0 saturated heterocycles. The van der Waals surface area contributed by atoms with Gasteiger partial charge in [0.15, 0.2) is 0 Å². The Balaban J connectivity index is 2.08. The third-order valence-corrected chi connectivity index (χ3v) is 2.78. The maximum absolute atomic E-state index is 5.31. The van der Waals surface area contributed by atoms with Crippen LogP contribution in [0.1, 0.15) is 25.7 Å². The molecule has 0 bridgehead atoms. The van der Waals surface area contributed by atoms with Crippen LogP contribution in [0.5, 0.6) is 0 Å². The van der Waals surface area contributed by atoms with Crippen molar-refractivity contribution in [1.29, 1.82) is 0 Å². The zero-order chi connectivity index (χ0) is 7.73. The molecular weight excluding hydrogens is 138 g/mol. The molecule has 0 spiro atoms. The minimum absolute atomic E-state index is 0.348. The molecule has 0 atom stereocenters. The number of likely N-dealkylation sites (N-methyl/N-ethyl adjacent to an activating group) is 1. The summed E-state index contributed by atoms with van der Waals surface area (Å²) in [4.78, 5) is 0. The molecule has 2 aliphatic rings. The van der Waals surface area contributed by atoms with Crippen LogP contribution in [-0.2, 0) is 4.74 Å². The van der Waals surface area contributed by atoms with Crippen LogP contribution < -0.4 is 5.32 Å². The van der Waals surface area contributed by atoms with Crippen molar-refractivity contribution in [1.82, 2.24) is 5.32 Å². The Hall–Kier alpha value is -0.500. The number of hydrogen-bond donors (Lipinski definition) is 1. The lowest BCUT2D eigenvalue weighted by Gasteiger charge is -2.21. The minimum Gasteiger partial charge on any atom is -0.501 e. The van der Waals surface area contributed by atoms with Crippen molar-refractivity contribution in [2.75, 3.05) is 13.7 Å². The van der Waals surface area contributed by atoms with Gasteiger partial charge in [0, 0.05) is 5.54 Å². The molecule has 0 unspecified atom stereocenters. The molecule has 1 aliphatic carbocycles. The van der Waals surface area contributed by atoms with Gasteiger partial charge in [-0.25, -0.2) is 0 Å². The summed E-state index contributed by atoms with van der Waals surface area (Å²) < 4.78 is 5.31. The predicted octanol–water partition coefficient (Wildman–Crippen LogP) is 1.43. The Morgan fingerprint density at radius 3 is 2.82 bits per heavy atom. The van der Waals surface area contributed by atoms with E-state index in [4.69, 9.17) is 4.74 Å². The third kappa shape index (κ3) is 1.16. The maximum atomic E-state index is 5.31. The van der Waals surface area contributed by atoms with E-state index in [2.05, 4.69) is 5.32 Å². The number of rotatable bonds is 2. The summed E-state index contributed by atoms with van der Waals surface area (Å²) in [5, 5.41) is 3.37. The normalized spacial score (nSPS) is 27.2. The van der Waals surface area contributed by atoms with Gasteiger partial charge in [-0.2, -0.15) is 0 Å². The molecule has 0 aromatic carbocycles. The Kier molecular flexibility index (Phi) is 1.64. The van der Waals surface area contributed by atoms with Gasteiger partial charge in [-0.3, -0.25) is 0 Å². The highest BCUT2D eigenvalue weighted by Crippen LogP contribution is 2.44. The molecule has 0 amide bonds. The van der Waals surface area contributed by atoms with E-state index in [1.807, 2.05) is 13.3 Å². The van der Waals surface area contributed by atoms with Crippen LogP contribution in [0.25, 0.3) is 0 Å². The van der Waals surface area contributed by atoms with E-state index in [1.165, 1.54) is 31.3 Å². The second kappa shape index (κ2) is 2.52. The average Bonchev–Trinajstić information content (AvgIpc) is 2.86. The van der Waals surface area contributed by atoms with Gasteiger partial charge in [-0.05, 0) is 38.3 Å². The van der Waals surface area contributed by atoms with Crippen LogP contribution in [-0.4, -0.2) is 19.2 Å². The number of nitrogens with one attached hydrogen (secondary N) is 1. The topological polar surface area (TPSA) is 21.3 Å². The maximum Gasteiger partial charge on any atom is 0.0876 e. The van der Waals surface area contributed by atoms with E-state index in [0.717, 1.165) is 6.61 Å². The van der Waals surface area contributed by atoms with Crippen molar-refractivity contribution in [3.8, 4) is 0 Å². The lowest BCUT2D eigenvalue weighted by molar-refractivity contribution is 0.218. The first-order chi connectivity index (χ1) is 5.37. The van der Waals surface area contributed by atoms with Crippen molar-refractivity contribution >= 4 is 0 Å². The molecule has 62 valence electrons. The first kappa shape index (κ1) is 7.17. The number of ether oxygens (including phenoxy) is 1. The molecule has 1 heterocycles. The van der Waals surface area contributed by atoms with E-state index in [1.54, 1.807) is 0 Å². The number of hydrogen-bond acceptors (Lipinski definition) is 2. The van der Waals surface area contributed by atoms with E-state index < -0.39 is 0 Å². The third-order valence-electron chi connectivity index (χ3n) is 2.78. The fourth-order valence-corrected chi connectivity index (χ4v) is 1.77. The molecule has 2 rings (SSSR count). The largest absolute Gasteiger partial charge is 0.501 e. The SMILES string of the molecule is CNC1(C2=COCCC2)CC1. The van der Waals surface area contributed by atoms with E-state index in [-0.39, 0.29) is 0 Å². The van der Waals surface area contributed by atoms with E-state index >= 15 is 0 Å². The van der Waals surface area contributed by atoms with Crippen LogP contribution in [0.2, 0.25) is 0 Å². The summed E-state index contributed by atoms with van der Waals surface area (Å²) in [6, 6.07) is 0. The van der Waals surface area contributed by atoms with Gasteiger partial charge in [0.1, 0.15) is 0 Å². The Morgan fingerprint density at radius 2 is 2.36 bits per heavy atom. The zero-order valence-electron chi connectivity index (χ0n) is 7.02. The summed E-state index contributed by atoms with van der Waals surface area (Å²) >= 11 is 0. The lowest BCUT2D eigenvalue weighted by Crippen LogP contribution is -2.30. The Morgan fingerprint density at radius 1 is 1.55 bits per heavy atom. The monoisotopic (exact) mass is 153 g/mol. The van der Waals surface area contributed by atoms with Crippen LogP contribution >= 0.6 is 0 Å². The van der Waals surface area contributed by atoms with Gasteiger partial charge < -0.3 is 10.1 Å². The van der Waals surface area contributed by atoms with Gasteiger partial charge in [0.2, 0.25) is 0 Å². The molecule has 11 heavy (non-hydrogen) atoms. The van der Waals surface area contributed by atoms with Crippen LogP contribution in [0.4, 0.5) is 0 Å². The van der Waals surface area contributed by atoms with Gasteiger partial charge in [0.25, 0.3) is 0 Å². The molecule has 1 N–H and O–H groups in total. The van der Waals surface area contributed by atoms with Crippen LogP contribution in [0.3, 0.4) is 0 Å². The Bertz CT molecular complexity index is 182. The highest BCUT2D eigenvalue weighted by molar-refractivity contribution is 5.27. The zero-order valence-corrected chi connectivity index (χ0v) is 7.02. The van der Waals surface area contributed by atoms with E-state index in [0.29, 0.717) is 5.54 Å². The van der Waals surface area contributed by atoms with Gasteiger partial charge in [-0.1, -0.05) is 0 Å². The molecular formula is C9H15NO. The van der Waals surface area contributed by atoms with Gasteiger partial charge in [0.05, 0.1) is 12.9 Å². The first-order valence-corrected chi connectivity index (χ1v) is 4.37. The predicted molar refractivity (Wildman–Crippen MR) is 44.3 cm³/mol. The standard InChI is InChI=1S/C9H15NO/c1-10-9(4-5-9)8-3-2-6-11-7-8/h7,10H,2-6H2,1H3. The van der Waals surface area contributed by atoms with Crippen LogP contribution in [0, 0.1) is 0 Å². The molecule has 1 fully saturated rings. The minimum atomic E-state index is 0.348. The van der Waals surface area contributed by atoms with Crippen molar-refractivity contribution in [3.05, 3.63) is 11.8 Å². The van der Waals surface area contributed by atoms with Gasteiger partial charge in [-0.15, -0.1) is 0 Å². The second-order valence-corrected chi connectivity index (χ2v) is 3.45.